The summed E-state index contributed by atoms with van der Waals surface area (Å²) in [6.07, 6.45) is 5.72. The quantitative estimate of drug-likeness (QED) is 0.0655. The number of hydrogen-bond acceptors (Lipinski definition) is 9. The highest BCUT2D eigenvalue weighted by atomic mass is 32.2. The van der Waals surface area contributed by atoms with Crippen LogP contribution in [-0.2, 0) is 39.3 Å². The molecule has 0 unspecified atom stereocenters. The van der Waals surface area contributed by atoms with E-state index in [-0.39, 0.29) is 30.6 Å². The summed E-state index contributed by atoms with van der Waals surface area (Å²) in [5.41, 5.74) is 10.8. The minimum Gasteiger partial charge on any atom is -0.397 e. The molecule has 11 nitrogen and oxygen atoms in total. The second-order valence-electron chi connectivity index (χ2n) is 12.0. The molecule has 1 aromatic heterocycles. The molecule has 0 saturated carbocycles. The second kappa shape index (κ2) is 17.8. The lowest BCUT2D eigenvalue weighted by atomic mass is 10.0. The Hall–Kier alpha value is -4.23. The number of para-hydroxylation sites is 2. The molecule has 2 amide bonds. The van der Waals surface area contributed by atoms with Crippen molar-refractivity contribution in [3.8, 4) is 0 Å². The van der Waals surface area contributed by atoms with Crippen molar-refractivity contribution in [2.24, 2.45) is 7.05 Å². The van der Waals surface area contributed by atoms with Crippen LogP contribution in [0.15, 0.2) is 84.3 Å². The third-order valence-electron chi connectivity index (χ3n) is 8.22. The summed E-state index contributed by atoms with van der Waals surface area (Å²) < 4.78 is 14.8. The van der Waals surface area contributed by atoms with Crippen LogP contribution in [-0.4, -0.2) is 43.5 Å². The molecule has 0 radical (unpaired) electrons. The number of anilines is 2. The molecule has 3 atom stereocenters. The number of unbranched alkanes of at least 4 members (excludes halogenated alkanes) is 3. The molecule has 1 saturated heterocycles. The Labute approximate surface area is 285 Å². The number of carbonyl (C=O) groups is 2. The number of hydrogen-bond donors (Lipinski definition) is 4. The molecule has 0 aliphatic carbocycles. The van der Waals surface area contributed by atoms with Gasteiger partial charge in [0, 0.05) is 44.2 Å². The molecule has 12 heteroatoms. The minimum atomic E-state index is -0.558. The maximum Gasteiger partial charge on any atom is 0.224 e. The van der Waals surface area contributed by atoms with Crippen molar-refractivity contribution >= 4 is 35.0 Å². The van der Waals surface area contributed by atoms with E-state index in [1.807, 2.05) is 72.3 Å². The Morgan fingerprint density at radius 1 is 0.917 bits per heavy atom. The number of thioether (sulfide) groups is 1. The van der Waals surface area contributed by atoms with Crippen molar-refractivity contribution < 1.29 is 24.2 Å². The SMILES string of the molecule is Cn1cnnc1SC[C@H]1C[C@@H](c2ccc(CO)cc2)O[C@@H](c2ccc(CNC(=O)CCCCCCC(=O)Nc3ccccc3N)cc2)O1. The van der Waals surface area contributed by atoms with Crippen molar-refractivity contribution in [1.82, 2.24) is 20.1 Å². The van der Waals surface area contributed by atoms with Crippen LogP contribution in [0.1, 0.15) is 79.6 Å². The van der Waals surface area contributed by atoms with Gasteiger partial charge in [0.2, 0.25) is 11.8 Å². The van der Waals surface area contributed by atoms with Gasteiger partial charge in [-0.05, 0) is 41.7 Å². The summed E-state index contributed by atoms with van der Waals surface area (Å²) in [6.45, 7) is 0.431. The molecule has 1 fully saturated rings. The first-order valence-electron chi connectivity index (χ1n) is 16.3. The number of ether oxygens (including phenoxy) is 2. The van der Waals surface area contributed by atoms with Crippen molar-refractivity contribution in [3.63, 3.8) is 0 Å². The zero-order valence-electron chi connectivity index (χ0n) is 27.2. The van der Waals surface area contributed by atoms with E-state index in [4.69, 9.17) is 15.2 Å². The maximum atomic E-state index is 12.5. The molecule has 0 bridgehead atoms. The molecule has 2 heterocycles. The fourth-order valence-electron chi connectivity index (χ4n) is 5.42. The smallest absolute Gasteiger partial charge is 0.224 e. The van der Waals surface area contributed by atoms with E-state index in [2.05, 4.69) is 20.8 Å². The molecule has 1 aliphatic rings. The molecule has 1 aliphatic heterocycles. The molecular weight excluding hydrogens is 629 g/mol. The van der Waals surface area contributed by atoms with E-state index in [9.17, 15) is 14.7 Å². The Morgan fingerprint density at radius 3 is 2.29 bits per heavy atom. The number of aliphatic hydroxyl groups excluding tert-OH is 1. The van der Waals surface area contributed by atoms with E-state index in [0.717, 1.165) is 53.1 Å². The number of amides is 2. The van der Waals surface area contributed by atoms with Gasteiger partial charge < -0.3 is 35.5 Å². The van der Waals surface area contributed by atoms with Crippen LogP contribution in [0.4, 0.5) is 11.4 Å². The van der Waals surface area contributed by atoms with Gasteiger partial charge in [-0.25, -0.2) is 0 Å². The van der Waals surface area contributed by atoms with Crippen molar-refractivity contribution in [3.05, 3.63) is 101 Å². The highest BCUT2D eigenvalue weighted by molar-refractivity contribution is 7.99. The van der Waals surface area contributed by atoms with Crippen molar-refractivity contribution in [2.45, 2.75) is 81.8 Å². The van der Waals surface area contributed by atoms with E-state index in [0.29, 0.717) is 42.9 Å². The number of nitrogen functional groups attached to an aromatic ring is 1. The molecule has 254 valence electrons. The Morgan fingerprint density at radius 2 is 1.60 bits per heavy atom. The van der Waals surface area contributed by atoms with E-state index in [1.165, 1.54) is 0 Å². The predicted molar refractivity (Wildman–Crippen MR) is 186 cm³/mol. The van der Waals surface area contributed by atoms with Crippen LogP contribution in [0.25, 0.3) is 0 Å². The third kappa shape index (κ3) is 10.4. The van der Waals surface area contributed by atoms with Gasteiger partial charge in [0.15, 0.2) is 11.4 Å². The monoisotopic (exact) mass is 672 g/mol. The average Bonchev–Trinajstić information content (AvgIpc) is 3.53. The number of nitrogens with one attached hydrogen (secondary N) is 2. The summed E-state index contributed by atoms with van der Waals surface area (Å²) in [4.78, 5) is 24.6. The minimum absolute atomic E-state index is 0.00466. The number of carbonyl (C=O) groups excluding carboxylic acids is 2. The number of nitrogens with zero attached hydrogens (tertiary/aromatic N) is 3. The average molecular weight is 673 g/mol. The number of aromatic nitrogens is 3. The molecule has 5 N–H and O–H groups in total. The number of aliphatic hydroxyl groups is 1. The van der Waals surface area contributed by atoms with Gasteiger partial charge in [0.1, 0.15) is 6.33 Å². The van der Waals surface area contributed by atoms with Gasteiger partial charge in [0.05, 0.1) is 30.2 Å². The zero-order valence-corrected chi connectivity index (χ0v) is 28.0. The zero-order chi connectivity index (χ0) is 33.7. The summed E-state index contributed by atoms with van der Waals surface area (Å²) >= 11 is 1.60. The number of rotatable bonds is 16. The van der Waals surface area contributed by atoms with E-state index >= 15 is 0 Å². The van der Waals surface area contributed by atoms with E-state index in [1.54, 1.807) is 30.2 Å². The first kappa shape index (κ1) is 35.1. The molecule has 3 aromatic carbocycles. The standard InChI is InChI=1S/C36H44N6O5S/c1-42-24-39-41-36(42)48-23-29-20-32(27-16-14-26(22-43)15-17-27)47-35(46-29)28-18-12-25(13-19-28)21-38-33(44)10-4-2-3-5-11-34(45)40-31-9-7-6-8-30(31)37/h6-9,12-19,24,29,32,35,43H,2-5,10-11,20-23,37H2,1H3,(H,38,44)(H,40,45)/t29-,32+,35+/m1/s1. The molecular formula is C36H44N6O5S. The molecule has 4 aromatic rings. The lowest BCUT2D eigenvalue weighted by molar-refractivity contribution is -0.245. The largest absolute Gasteiger partial charge is 0.397 e. The van der Waals surface area contributed by atoms with Gasteiger partial charge in [-0.3, -0.25) is 9.59 Å². The van der Waals surface area contributed by atoms with Gasteiger partial charge in [-0.1, -0.05) is 85.3 Å². The summed E-state index contributed by atoms with van der Waals surface area (Å²) in [6, 6.07) is 23.0. The lowest BCUT2D eigenvalue weighted by Gasteiger charge is -2.36. The van der Waals surface area contributed by atoms with Crippen molar-refractivity contribution in [2.75, 3.05) is 16.8 Å². The summed E-state index contributed by atoms with van der Waals surface area (Å²) in [5, 5.41) is 24.3. The number of nitrogens with two attached hydrogens (primary N) is 1. The van der Waals surface area contributed by atoms with Crippen molar-refractivity contribution in [1.29, 1.82) is 0 Å². The first-order chi connectivity index (χ1) is 23.4. The van der Waals surface area contributed by atoms with Crippen LogP contribution in [0.5, 0.6) is 0 Å². The third-order valence-corrected chi connectivity index (χ3v) is 9.38. The molecule has 0 spiro atoms. The van der Waals surface area contributed by atoms with Gasteiger partial charge >= 0.3 is 0 Å². The van der Waals surface area contributed by atoms with Gasteiger partial charge in [-0.2, -0.15) is 0 Å². The van der Waals surface area contributed by atoms with Crippen LogP contribution >= 0.6 is 11.8 Å². The summed E-state index contributed by atoms with van der Waals surface area (Å²) in [7, 11) is 1.92. The topological polar surface area (TPSA) is 154 Å². The summed E-state index contributed by atoms with van der Waals surface area (Å²) in [5.74, 6) is 0.651. The Balaban J connectivity index is 1.05. The maximum absolute atomic E-state index is 12.5. The number of aryl methyl sites for hydroxylation is 1. The highest BCUT2D eigenvalue weighted by Crippen LogP contribution is 2.39. The Bertz CT molecular complexity index is 1610. The van der Waals surface area contributed by atoms with Crippen LogP contribution in [0.2, 0.25) is 0 Å². The van der Waals surface area contributed by atoms with Crippen LogP contribution in [0.3, 0.4) is 0 Å². The number of benzene rings is 3. The van der Waals surface area contributed by atoms with E-state index < -0.39 is 6.29 Å². The van der Waals surface area contributed by atoms with Crippen LogP contribution in [0, 0.1) is 0 Å². The fraction of sp³-hybridized carbons (Fsp3) is 0.389. The van der Waals surface area contributed by atoms with Crippen LogP contribution < -0.4 is 16.4 Å². The Kier molecular flexibility index (Phi) is 13.0. The highest BCUT2D eigenvalue weighted by Gasteiger charge is 2.32. The van der Waals surface area contributed by atoms with Gasteiger partial charge in [0.25, 0.3) is 0 Å². The molecule has 48 heavy (non-hydrogen) atoms. The molecule has 5 rings (SSSR count). The second-order valence-corrected chi connectivity index (χ2v) is 12.9. The lowest BCUT2D eigenvalue weighted by Crippen LogP contribution is -2.31. The van der Waals surface area contributed by atoms with Gasteiger partial charge in [-0.15, -0.1) is 10.2 Å². The fourth-order valence-corrected chi connectivity index (χ4v) is 6.33. The first-order valence-corrected chi connectivity index (χ1v) is 17.3. The predicted octanol–water partition coefficient (Wildman–Crippen LogP) is 5.82. The normalized spacial score (nSPS) is 17.6.